The number of cyclic esters (lactones) is 1. The minimum atomic E-state index is -1.91. The van der Waals surface area contributed by atoms with E-state index in [4.69, 9.17) is 9.72 Å². The molecule has 0 bridgehead atoms. The number of hydrogen-bond acceptors (Lipinski definition) is 5. The number of pyridine rings is 2. The summed E-state index contributed by atoms with van der Waals surface area (Å²) in [5, 5.41) is 13.9. The molecule has 6 nitrogen and oxygen atoms in total. The third kappa shape index (κ3) is 3.50. The quantitative estimate of drug-likeness (QED) is 0.271. The van der Waals surface area contributed by atoms with Crippen molar-refractivity contribution in [1.29, 1.82) is 0 Å². The van der Waals surface area contributed by atoms with Gasteiger partial charge in [-0.2, -0.15) is 0 Å². The van der Waals surface area contributed by atoms with E-state index < -0.39 is 19.6 Å². The molecule has 190 valence electrons. The number of para-hydroxylation sites is 1. The van der Waals surface area contributed by atoms with Gasteiger partial charge in [-0.25, -0.2) is 9.78 Å². The summed E-state index contributed by atoms with van der Waals surface area (Å²) >= 11 is 0. The van der Waals surface area contributed by atoms with Crippen molar-refractivity contribution in [3.05, 3.63) is 57.4 Å². The Morgan fingerprint density at radius 1 is 1.03 bits per heavy atom. The Balaban J connectivity index is 1.85. The van der Waals surface area contributed by atoms with E-state index >= 15 is 0 Å². The molecule has 1 atom stereocenters. The average Bonchev–Trinajstić information content (AvgIpc) is 3.24. The largest absolute Gasteiger partial charge is 0.458 e. The number of benzene rings is 1. The van der Waals surface area contributed by atoms with Crippen LogP contribution in [0.15, 0.2) is 35.1 Å². The predicted molar refractivity (Wildman–Crippen MR) is 145 cm³/mol. The maximum Gasteiger partial charge on any atom is 0.343 e. The van der Waals surface area contributed by atoms with Crippen LogP contribution in [0.1, 0.15) is 70.1 Å². The van der Waals surface area contributed by atoms with E-state index in [1.807, 2.05) is 12.1 Å². The second kappa shape index (κ2) is 9.27. The number of carbonyl (C=O) groups excluding carboxylic acids is 1. The molecule has 0 fully saturated rings. The van der Waals surface area contributed by atoms with Crippen molar-refractivity contribution in [3.63, 3.8) is 0 Å². The lowest BCUT2D eigenvalue weighted by atomic mass is 9.86. The number of aromatic nitrogens is 2. The number of fused-ring (bicyclic) bond motifs is 5. The van der Waals surface area contributed by atoms with Gasteiger partial charge in [0.05, 0.1) is 37.1 Å². The van der Waals surface area contributed by atoms with Gasteiger partial charge in [-0.1, -0.05) is 83.3 Å². The first kappa shape index (κ1) is 24.9. The first-order valence-corrected chi connectivity index (χ1v) is 16.1. The molecule has 2 aliphatic heterocycles. The van der Waals surface area contributed by atoms with Crippen LogP contribution in [0.4, 0.5) is 0 Å². The molecule has 0 radical (unpaired) electrons. The minimum absolute atomic E-state index is 0.103. The van der Waals surface area contributed by atoms with Crippen molar-refractivity contribution in [2.75, 3.05) is 0 Å². The zero-order valence-electron chi connectivity index (χ0n) is 21.8. The van der Waals surface area contributed by atoms with E-state index in [0.29, 0.717) is 23.4 Å². The number of ether oxygens (including phenoxy) is 1. The molecule has 2 aromatic heterocycles. The van der Waals surface area contributed by atoms with Gasteiger partial charge in [-0.15, -0.1) is 0 Å². The van der Waals surface area contributed by atoms with Crippen LogP contribution >= 0.6 is 0 Å². The SMILES string of the molecule is CCC[Si](CCC)(CCC)c1c2c(nc3ccccc13)-c1cc3c(c(=O)n1C2)COC(=O)[C@]3(O)CC. The topological polar surface area (TPSA) is 81.4 Å². The number of esters is 1. The lowest BCUT2D eigenvalue weighted by molar-refractivity contribution is -0.172. The number of rotatable bonds is 8. The first-order valence-electron chi connectivity index (χ1n) is 13.4. The van der Waals surface area contributed by atoms with Gasteiger partial charge in [-0.3, -0.25) is 4.79 Å². The summed E-state index contributed by atoms with van der Waals surface area (Å²) in [5.74, 6) is -0.688. The van der Waals surface area contributed by atoms with E-state index in [1.165, 1.54) is 34.3 Å². The molecule has 0 spiro atoms. The lowest BCUT2D eigenvalue weighted by Crippen LogP contribution is -2.49. The summed E-state index contributed by atoms with van der Waals surface area (Å²) in [6.07, 6.45) is 3.57. The van der Waals surface area contributed by atoms with E-state index in [0.717, 1.165) is 30.5 Å². The van der Waals surface area contributed by atoms with Crippen LogP contribution in [0, 0.1) is 0 Å². The van der Waals surface area contributed by atoms with Gasteiger partial charge in [0.2, 0.25) is 0 Å². The molecule has 1 N–H and O–H groups in total. The van der Waals surface area contributed by atoms with E-state index in [9.17, 15) is 14.7 Å². The van der Waals surface area contributed by atoms with E-state index in [2.05, 4.69) is 39.0 Å². The monoisotopic (exact) mass is 504 g/mol. The molecule has 4 heterocycles. The van der Waals surface area contributed by atoms with Gasteiger partial charge in [0.15, 0.2) is 5.60 Å². The molecular formula is C29H36N2O4Si. The Bertz CT molecular complexity index is 1400. The molecule has 7 heteroatoms. The highest BCUT2D eigenvalue weighted by Gasteiger charge is 2.46. The standard InChI is InChI=1S/C29H36N2O4Si/c1-5-13-36(14-6-2,15-7-3)26-19-11-9-10-12-23(19)30-25-20(26)17-31-24(25)16-22-21(27(31)32)18-35-28(33)29(22,34)8-4/h9-12,16,34H,5-8,13-15,17-18H2,1-4H3/t29-/m0/s1. The second-order valence-corrected chi connectivity index (χ2v) is 15.0. The molecule has 36 heavy (non-hydrogen) atoms. The highest BCUT2D eigenvalue weighted by molar-refractivity contribution is 6.93. The lowest BCUT2D eigenvalue weighted by Gasteiger charge is -2.34. The number of aliphatic hydroxyl groups is 1. The predicted octanol–water partition coefficient (Wildman–Crippen LogP) is 4.97. The van der Waals surface area contributed by atoms with Crippen molar-refractivity contribution in [2.24, 2.45) is 0 Å². The summed E-state index contributed by atoms with van der Waals surface area (Å²) in [6, 6.07) is 13.9. The van der Waals surface area contributed by atoms with Crippen LogP contribution in [0.2, 0.25) is 18.1 Å². The number of carbonyl (C=O) groups is 1. The van der Waals surface area contributed by atoms with E-state index in [-0.39, 0.29) is 18.6 Å². The molecule has 0 unspecified atom stereocenters. The van der Waals surface area contributed by atoms with Crippen LogP contribution in [0.3, 0.4) is 0 Å². The molecule has 0 saturated carbocycles. The number of nitrogens with zero attached hydrogens (tertiary/aromatic N) is 2. The number of hydrogen-bond donors (Lipinski definition) is 1. The van der Waals surface area contributed by atoms with Gasteiger partial charge in [0.25, 0.3) is 5.56 Å². The van der Waals surface area contributed by atoms with Crippen molar-refractivity contribution in [1.82, 2.24) is 9.55 Å². The van der Waals surface area contributed by atoms with Gasteiger partial charge in [0.1, 0.15) is 6.61 Å². The van der Waals surface area contributed by atoms with E-state index in [1.54, 1.807) is 11.5 Å². The zero-order valence-corrected chi connectivity index (χ0v) is 22.8. The summed E-state index contributed by atoms with van der Waals surface area (Å²) in [7, 11) is -1.91. The highest BCUT2D eigenvalue weighted by atomic mass is 28.3. The van der Waals surface area contributed by atoms with Gasteiger partial charge >= 0.3 is 5.97 Å². The Morgan fingerprint density at radius 2 is 1.69 bits per heavy atom. The van der Waals surface area contributed by atoms with Gasteiger partial charge in [0, 0.05) is 5.56 Å². The molecule has 1 aromatic carbocycles. The smallest absolute Gasteiger partial charge is 0.343 e. The maximum atomic E-state index is 13.8. The van der Waals surface area contributed by atoms with Crippen molar-refractivity contribution >= 4 is 30.1 Å². The van der Waals surface area contributed by atoms with Crippen molar-refractivity contribution in [3.8, 4) is 11.4 Å². The Hall–Kier alpha value is -2.77. The van der Waals surface area contributed by atoms with Gasteiger partial charge in [-0.05, 0) is 34.7 Å². The maximum absolute atomic E-state index is 13.8. The molecule has 5 rings (SSSR count). The fraction of sp³-hybridized carbons (Fsp3) is 0.483. The van der Waals surface area contributed by atoms with Crippen LogP contribution in [-0.2, 0) is 28.3 Å². The summed E-state index contributed by atoms with van der Waals surface area (Å²) < 4.78 is 7.04. The fourth-order valence-electron chi connectivity index (χ4n) is 6.82. The highest BCUT2D eigenvalue weighted by Crippen LogP contribution is 2.40. The second-order valence-electron chi connectivity index (χ2n) is 10.5. The molecule has 2 aliphatic rings. The molecule has 0 saturated heterocycles. The Labute approximate surface area is 213 Å². The Kier molecular flexibility index (Phi) is 6.41. The third-order valence-electron chi connectivity index (χ3n) is 8.31. The van der Waals surface area contributed by atoms with Crippen molar-refractivity contribution in [2.45, 2.75) is 90.3 Å². The van der Waals surface area contributed by atoms with Crippen LogP contribution in [0.5, 0.6) is 0 Å². The average molecular weight is 505 g/mol. The normalized spacial score (nSPS) is 18.6. The zero-order chi connectivity index (χ0) is 25.7. The minimum Gasteiger partial charge on any atom is -0.458 e. The summed E-state index contributed by atoms with van der Waals surface area (Å²) in [4.78, 5) is 31.4. The third-order valence-corrected chi connectivity index (χ3v) is 14.3. The van der Waals surface area contributed by atoms with Crippen molar-refractivity contribution < 1.29 is 14.6 Å². The molecule has 0 aliphatic carbocycles. The first-order chi connectivity index (χ1) is 17.3. The van der Waals surface area contributed by atoms with Gasteiger partial charge < -0.3 is 14.4 Å². The summed E-state index contributed by atoms with van der Waals surface area (Å²) in [6.45, 7) is 8.97. The molecule has 3 aromatic rings. The van der Waals surface area contributed by atoms with Crippen LogP contribution in [0.25, 0.3) is 22.3 Å². The van der Waals surface area contributed by atoms with Crippen LogP contribution in [-0.4, -0.2) is 28.7 Å². The molecule has 0 amide bonds. The van der Waals surface area contributed by atoms with Crippen LogP contribution < -0.4 is 10.7 Å². The summed E-state index contributed by atoms with van der Waals surface area (Å²) in [5.41, 5.74) is 2.41. The molecular weight excluding hydrogens is 468 g/mol. The Morgan fingerprint density at radius 3 is 2.33 bits per heavy atom. The fourth-order valence-corrected chi connectivity index (χ4v) is 12.8.